The lowest BCUT2D eigenvalue weighted by Gasteiger charge is -2.34. The van der Waals surface area contributed by atoms with E-state index in [0.29, 0.717) is 12.2 Å². The first kappa shape index (κ1) is 16.2. The maximum Gasteiger partial charge on any atom is 0.293 e. The van der Waals surface area contributed by atoms with Crippen molar-refractivity contribution in [2.75, 3.05) is 32.0 Å². The van der Waals surface area contributed by atoms with Crippen LogP contribution in [0, 0.1) is 15.5 Å². The van der Waals surface area contributed by atoms with Crippen molar-refractivity contribution in [1.29, 1.82) is 0 Å². The van der Waals surface area contributed by atoms with Crippen LogP contribution in [0.25, 0.3) is 0 Å². The van der Waals surface area contributed by atoms with E-state index in [1.54, 1.807) is 12.1 Å². The van der Waals surface area contributed by atoms with Crippen LogP contribution in [-0.4, -0.2) is 37.5 Å². The molecule has 0 atom stereocenters. The Hall–Kier alpha value is -2.15. The van der Waals surface area contributed by atoms with Gasteiger partial charge in [0.2, 0.25) is 0 Å². The number of nitrogens with zero attached hydrogens (tertiary/aromatic N) is 1. The Balaban J connectivity index is 2.16. The molecule has 1 aromatic carbocycles. The van der Waals surface area contributed by atoms with Crippen LogP contribution in [0.1, 0.15) is 30.1 Å². The Bertz CT molecular complexity index is 568. The number of piperidine rings is 1. The van der Waals surface area contributed by atoms with Gasteiger partial charge in [-0.2, -0.15) is 0 Å². The monoisotopic (exact) mass is 306 g/mol. The zero-order valence-electron chi connectivity index (χ0n) is 12.9. The number of nitro benzene ring substituents is 1. The summed E-state index contributed by atoms with van der Waals surface area (Å²) in [6, 6.07) is 4.51. The van der Waals surface area contributed by atoms with Crippen molar-refractivity contribution < 1.29 is 9.72 Å². The lowest BCUT2D eigenvalue weighted by molar-refractivity contribution is -0.384. The highest BCUT2D eigenvalue weighted by Crippen LogP contribution is 2.31. The fourth-order valence-electron chi connectivity index (χ4n) is 2.63. The average Bonchev–Trinajstić information content (AvgIpc) is 2.52. The molecule has 1 fully saturated rings. The molecule has 22 heavy (non-hydrogen) atoms. The number of carbonyl (C=O) groups is 1. The number of rotatable bonds is 5. The Labute approximate surface area is 129 Å². The lowest BCUT2D eigenvalue weighted by atomic mass is 9.81. The quantitative estimate of drug-likeness (QED) is 0.569. The molecule has 0 unspecified atom stereocenters. The number of nitrogens with one attached hydrogen (secondary N) is 3. The largest absolute Gasteiger partial charge is 0.379 e. The van der Waals surface area contributed by atoms with Crippen LogP contribution in [-0.2, 0) is 0 Å². The zero-order valence-corrected chi connectivity index (χ0v) is 12.9. The molecule has 1 heterocycles. The minimum absolute atomic E-state index is 0.0707. The smallest absolute Gasteiger partial charge is 0.293 e. The fraction of sp³-hybridized carbons (Fsp3) is 0.533. The molecule has 1 amide bonds. The van der Waals surface area contributed by atoms with Crippen molar-refractivity contribution in [3.05, 3.63) is 33.9 Å². The third-order valence-corrected chi connectivity index (χ3v) is 4.20. The number of nitro groups is 1. The van der Waals surface area contributed by atoms with Gasteiger partial charge < -0.3 is 16.0 Å². The van der Waals surface area contributed by atoms with Crippen LogP contribution < -0.4 is 16.0 Å². The summed E-state index contributed by atoms with van der Waals surface area (Å²) in [6.45, 7) is 4.80. The average molecular weight is 306 g/mol. The predicted octanol–water partition coefficient (Wildman–Crippen LogP) is 1.76. The standard InChI is InChI=1S/C15H22N4O3/c1-15(5-7-17-8-6-15)10-18-12-4-3-11(14(20)16-2)9-13(12)19(21)22/h3-4,9,17-18H,5-8,10H2,1-2H3,(H,16,20). The van der Waals surface area contributed by atoms with E-state index < -0.39 is 4.92 Å². The first-order valence-corrected chi connectivity index (χ1v) is 7.40. The SMILES string of the molecule is CNC(=O)c1ccc(NCC2(C)CCNCC2)c([N+](=O)[O-])c1. The molecule has 0 spiro atoms. The van der Waals surface area contributed by atoms with Crippen LogP contribution in [0.3, 0.4) is 0 Å². The first-order chi connectivity index (χ1) is 10.4. The molecule has 3 N–H and O–H groups in total. The molecule has 1 aliphatic heterocycles. The Morgan fingerprint density at radius 1 is 1.41 bits per heavy atom. The summed E-state index contributed by atoms with van der Waals surface area (Å²) in [5.41, 5.74) is 0.794. The normalized spacial score (nSPS) is 16.8. The second-order valence-corrected chi connectivity index (χ2v) is 5.98. The van der Waals surface area contributed by atoms with E-state index in [4.69, 9.17) is 0 Å². The van der Waals surface area contributed by atoms with Gasteiger partial charge in [0, 0.05) is 25.2 Å². The summed E-state index contributed by atoms with van der Waals surface area (Å²) in [7, 11) is 1.50. The summed E-state index contributed by atoms with van der Waals surface area (Å²) in [5, 5.41) is 20.2. The number of hydrogen-bond donors (Lipinski definition) is 3. The van der Waals surface area contributed by atoms with Crippen LogP contribution in [0.4, 0.5) is 11.4 Å². The van der Waals surface area contributed by atoms with E-state index in [9.17, 15) is 14.9 Å². The van der Waals surface area contributed by atoms with Gasteiger partial charge in [0.15, 0.2) is 0 Å². The third-order valence-electron chi connectivity index (χ3n) is 4.20. The molecule has 7 nitrogen and oxygen atoms in total. The van der Waals surface area contributed by atoms with Crippen LogP contribution in [0.2, 0.25) is 0 Å². The molecule has 2 rings (SSSR count). The molecule has 0 radical (unpaired) electrons. The van der Waals surface area contributed by atoms with E-state index in [-0.39, 0.29) is 22.6 Å². The maximum atomic E-state index is 11.6. The summed E-state index contributed by atoms with van der Waals surface area (Å²) in [6.07, 6.45) is 2.06. The highest BCUT2D eigenvalue weighted by atomic mass is 16.6. The predicted molar refractivity (Wildman–Crippen MR) is 85.2 cm³/mol. The lowest BCUT2D eigenvalue weighted by Crippen LogP contribution is -2.39. The molecule has 0 saturated carbocycles. The van der Waals surface area contributed by atoms with Crippen molar-refractivity contribution in [3.63, 3.8) is 0 Å². The Morgan fingerprint density at radius 2 is 2.09 bits per heavy atom. The Kier molecular flexibility index (Phi) is 4.97. The highest BCUT2D eigenvalue weighted by molar-refractivity contribution is 5.95. The van der Waals surface area contributed by atoms with Gasteiger partial charge in [0.25, 0.3) is 11.6 Å². The zero-order chi connectivity index (χ0) is 16.2. The number of benzene rings is 1. The number of carbonyl (C=O) groups excluding carboxylic acids is 1. The van der Waals surface area contributed by atoms with Crippen molar-refractivity contribution in [2.45, 2.75) is 19.8 Å². The summed E-state index contributed by atoms with van der Waals surface area (Å²) in [4.78, 5) is 22.4. The molecule has 0 aliphatic carbocycles. The molecule has 120 valence electrons. The van der Waals surface area contributed by atoms with Gasteiger partial charge in [0.1, 0.15) is 5.69 Å². The van der Waals surface area contributed by atoms with E-state index in [1.807, 2.05) is 0 Å². The molecule has 0 aromatic heterocycles. The molecule has 7 heteroatoms. The van der Waals surface area contributed by atoms with E-state index in [1.165, 1.54) is 13.1 Å². The molecule has 1 aromatic rings. The minimum atomic E-state index is -0.459. The van der Waals surface area contributed by atoms with E-state index in [2.05, 4.69) is 22.9 Å². The van der Waals surface area contributed by atoms with Crippen LogP contribution in [0.15, 0.2) is 18.2 Å². The molecular formula is C15H22N4O3. The molecule has 1 aliphatic rings. The fourth-order valence-corrected chi connectivity index (χ4v) is 2.63. The van der Waals surface area contributed by atoms with Crippen LogP contribution in [0.5, 0.6) is 0 Å². The van der Waals surface area contributed by atoms with E-state index in [0.717, 1.165) is 25.9 Å². The van der Waals surface area contributed by atoms with Gasteiger partial charge in [-0.15, -0.1) is 0 Å². The van der Waals surface area contributed by atoms with Crippen molar-refractivity contribution in [1.82, 2.24) is 10.6 Å². The third kappa shape index (κ3) is 3.73. The Morgan fingerprint density at radius 3 is 2.68 bits per heavy atom. The summed E-state index contributed by atoms with van der Waals surface area (Å²) < 4.78 is 0. The number of anilines is 1. The molecular weight excluding hydrogens is 284 g/mol. The van der Waals surface area contributed by atoms with Crippen molar-refractivity contribution >= 4 is 17.3 Å². The minimum Gasteiger partial charge on any atom is -0.379 e. The summed E-state index contributed by atoms with van der Waals surface area (Å²) in [5.74, 6) is -0.333. The van der Waals surface area contributed by atoms with Crippen molar-refractivity contribution in [3.8, 4) is 0 Å². The topological polar surface area (TPSA) is 96.3 Å². The number of amides is 1. The van der Waals surface area contributed by atoms with Gasteiger partial charge in [-0.3, -0.25) is 14.9 Å². The first-order valence-electron chi connectivity index (χ1n) is 7.40. The van der Waals surface area contributed by atoms with Gasteiger partial charge in [0.05, 0.1) is 4.92 Å². The van der Waals surface area contributed by atoms with Gasteiger partial charge in [-0.05, 0) is 43.5 Å². The summed E-state index contributed by atoms with van der Waals surface area (Å²) >= 11 is 0. The van der Waals surface area contributed by atoms with E-state index >= 15 is 0 Å². The van der Waals surface area contributed by atoms with Gasteiger partial charge in [-0.1, -0.05) is 6.92 Å². The van der Waals surface area contributed by atoms with Crippen LogP contribution >= 0.6 is 0 Å². The second kappa shape index (κ2) is 6.74. The van der Waals surface area contributed by atoms with Crippen molar-refractivity contribution in [2.24, 2.45) is 5.41 Å². The van der Waals surface area contributed by atoms with Gasteiger partial charge >= 0.3 is 0 Å². The van der Waals surface area contributed by atoms with Gasteiger partial charge in [-0.25, -0.2) is 0 Å². The second-order valence-electron chi connectivity index (χ2n) is 5.98. The molecule has 1 saturated heterocycles. The highest BCUT2D eigenvalue weighted by Gasteiger charge is 2.27. The molecule has 0 bridgehead atoms. The number of hydrogen-bond acceptors (Lipinski definition) is 5. The maximum absolute atomic E-state index is 11.6.